The van der Waals surface area contributed by atoms with Gasteiger partial charge in [-0.3, -0.25) is 0 Å². The van der Waals surface area contributed by atoms with Crippen molar-refractivity contribution in [1.29, 1.82) is 0 Å². The Morgan fingerprint density at radius 3 is 2.88 bits per heavy atom. The van der Waals surface area contributed by atoms with Gasteiger partial charge in [0.2, 0.25) is 0 Å². The lowest BCUT2D eigenvalue weighted by Gasteiger charge is -2.40. The average Bonchev–Trinajstić information content (AvgIpc) is 3.41. The van der Waals surface area contributed by atoms with Crippen molar-refractivity contribution in [2.24, 2.45) is 0 Å². The number of rotatable bonds is 4. The number of piperidine rings is 1. The van der Waals surface area contributed by atoms with E-state index in [2.05, 4.69) is 44.4 Å². The third-order valence-corrected chi connectivity index (χ3v) is 7.18. The number of hydrogen-bond donors (Lipinski definition) is 0. The fourth-order valence-corrected chi connectivity index (χ4v) is 5.67. The van der Waals surface area contributed by atoms with Crippen molar-refractivity contribution < 1.29 is 4.74 Å². The monoisotopic (exact) mass is 369 g/mol. The standard InChI is InChI=1S/C21H27N3OS/c1-2-6-19-18(5-1)21(16-24(19)15-20-22-9-13-26-20)7-10-23(11-8-21)14-17-4-3-12-25-17/h1-2,5-6,9,13,17H,3-4,7-8,10-12,14-16H2. The Morgan fingerprint density at radius 2 is 2.12 bits per heavy atom. The highest BCUT2D eigenvalue weighted by Crippen LogP contribution is 2.47. The van der Waals surface area contributed by atoms with Crippen LogP contribution in [0.25, 0.3) is 0 Å². The maximum absolute atomic E-state index is 5.85. The van der Waals surface area contributed by atoms with E-state index in [9.17, 15) is 0 Å². The molecule has 2 saturated heterocycles. The van der Waals surface area contributed by atoms with Gasteiger partial charge in [-0.1, -0.05) is 18.2 Å². The Hall–Kier alpha value is -1.43. The maximum atomic E-state index is 5.85. The summed E-state index contributed by atoms with van der Waals surface area (Å²) in [7, 11) is 0. The molecule has 1 atom stereocenters. The molecule has 1 spiro atoms. The Bertz CT molecular complexity index is 733. The Balaban J connectivity index is 1.31. The summed E-state index contributed by atoms with van der Waals surface area (Å²) in [6.07, 6.45) is 7.38. The second-order valence-electron chi connectivity index (χ2n) is 8.02. The van der Waals surface area contributed by atoms with Crippen LogP contribution in [0.3, 0.4) is 0 Å². The summed E-state index contributed by atoms with van der Waals surface area (Å²) in [6.45, 7) is 6.55. The van der Waals surface area contributed by atoms with Gasteiger partial charge in [0.15, 0.2) is 0 Å². The topological polar surface area (TPSA) is 28.6 Å². The van der Waals surface area contributed by atoms with Gasteiger partial charge in [0.1, 0.15) is 5.01 Å². The Kier molecular flexibility index (Phi) is 4.47. The molecule has 0 aliphatic carbocycles. The first kappa shape index (κ1) is 16.7. The first-order valence-corrected chi connectivity index (χ1v) is 10.8. The molecule has 26 heavy (non-hydrogen) atoms. The van der Waals surface area contributed by atoms with Crippen LogP contribution in [-0.4, -0.2) is 48.8 Å². The van der Waals surface area contributed by atoms with Crippen molar-refractivity contribution >= 4 is 17.0 Å². The van der Waals surface area contributed by atoms with Crippen LogP contribution in [0.1, 0.15) is 36.3 Å². The number of ether oxygens (including phenoxy) is 1. The van der Waals surface area contributed by atoms with Crippen LogP contribution in [0, 0.1) is 0 Å². The van der Waals surface area contributed by atoms with Gasteiger partial charge in [0.25, 0.3) is 0 Å². The summed E-state index contributed by atoms with van der Waals surface area (Å²) >= 11 is 1.76. The second-order valence-corrected chi connectivity index (χ2v) is 8.99. The lowest BCUT2D eigenvalue weighted by Crippen LogP contribution is -2.47. The second kappa shape index (κ2) is 6.95. The molecule has 5 heteroatoms. The molecule has 138 valence electrons. The normalized spacial score (nSPS) is 25.1. The number of anilines is 1. The molecule has 0 saturated carbocycles. The molecule has 3 aliphatic heterocycles. The van der Waals surface area contributed by atoms with Crippen molar-refractivity contribution in [3.63, 3.8) is 0 Å². The summed E-state index contributed by atoms with van der Waals surface area (Å²) < 4.78 is 5.85. The highest BCUT2D eigenvalue weighted by Gasteiger charge is 2.44. The van der Waals surface area contributed by atoms with E-state index in [-0.39, 0.29) is 0 Å². The molecule has 2 aromatic rings. The van der Waals surface area contributed by atoms with E-state index in [4.69, 9.17) is 4.74 Å². The third-order valence-electron chi connectivity index (χ3n) is 6.42. The molecule has 2 fully saturated rings. The summed E-state index contributed by atoms with van der Waals surface area (Å²) in [5.41, 5.74) is 3.31. The molecular weight excluding hydrogens is 342 g/mol. The van der Waals surface area contributed by atoms with Gasteiger partial charge in [0, 0.05) is 42.4 Å². The Labute approximate surface area is 159 Å². The van der Waals surface area contributed by atoms with Crippen molar-refractivity contribution in [2.75, 3.05) is 37.7 Å². The quantitative estimate of drug-likeness (QED) is 0.822. The third kappa shape index (κ3) is 3.06. The van der Waals surface area contributed by atoms with Gasteiger partial charge >= 0.3 is 0 Å². The number of thiazole rings is 1. The van der Waals surface area contributed by atoms with Gasteiger partial charge in [-0.05, 0) is 50.4 Å². The minimum atomic E-state index is 0.320. The molecule has 1 aromatic carbocycles. The van der Waals surface area contributed by atoms with Gasteiger partial charge in [-0.15, -0.1) is 11.3 Å². The number of aromatic nitrogens is 1. The van der Waals surface area contributed by atoms with Crippen molar-refractivity contribution in [1.82, 2.24) is 9.88 Å². The lowest BCUT2D eigenvalue weighted by atomic mass is 9.74. The van der Waals surface area contributed by atoms with Gasteiger partial charge in [0.05, 0.1) is 12.6 Å². The molecule has 5 rings (SSSR count). The summed E-state index contributed by atoms with van der Waals surface area (Å²) in [4.78, 5) is 9.70. The summed E-state index contributed by atoms with van der Waals surface area (Å²) in [6, 6.07) is 9.06. The molecule has 3 aliphatic rings. The fourth-order valence-electron chi connectivity index (χ4n) is 5.04. The van der Waals surface area contributed by atoms with Gasteiger partial charge in [-0.25, -0.2) is 4.98 Å². The van der Waals surface area contributed by atoms with Crippen molar-refractivity contribution in [3.05, 3.63) is 46.4 Å². The maximum Gasteiger partial charge on any atom is 0.112 e. The molecular formula is C21H27N3OS. The van der Waals surface area contributed by atoms with E-state index in [0.717, 1.165) is 26.2 Å². The summed E-state index contributed by atoms with van der Waals surface area (Å²) in [5.74, 6) is 0. The highest BCUT2D eigenvalue weighted by molar-refractivity contribution is 7.09. The zero-order valence-electron chi connectivity index (χ0n) is 15.3. The van der Waals surface area contributed by atoms with E-state index in [0.29, 0.717) is 11.5 Å². The van der Waals surface area contributed by atoms with E-state index in [1.807, 2.05) is 6.20 Å². The smallest absolute Gasteiger partial charge is 0.112 e. The largest absolute Gasteiger partial charge is 0.377 e. The molecule has 0 amide bonds. The molecule has 4 heterocycles. The van der Waals surface area contributed by atoms with Crippen LogP contribution < -0.4 is 4.90 Å². The van der Waals surface area contributed by atoms with Crippen LogP contribution >= 0.6 is 11.3 Å². The van der Waals surface area contributed by atoms with E-state index in [1.165, 1.54) is 49.5 Å². The Morgan fingerprint density at radius 1 is 1.23 bits per heavy atom. The number of benzene rings is 1. The van der Waals surface area contributed by atoms with Crippen molar-refractivity contribution in [2.45, 2.75) is 43.7 Å². The first-order chi connectivity index (χ1) is 12.8. The fraction of sp³-hybridized carbons (Fsp3) is 0.571. The number of nitrogens with zero attached hydrogens (tertiary/aromatic N) is 3. The summed E-state index contributed by atoms with van der Waals surface area (Å²) in [5, 5.41) is 3.30. The molecule has 0 N–H and O–H groups in total. The minimum Gasteiger partial charge on any atom is -0.377 e. The zero-order valence-corrected chi connectivity index (χ0v) is 16.1. The van der Waals surface area contributed by atoms with E-state index < -0.39 is 0 Å². The minimum absolute atomic E-state index is 0.320. The van der Waals surface area contributed by atoms with Crippen LogP contribution in [0.5, 0.6) is 0 Å². The SMILES string of the molecule is c1ccc2c(c1)N(Cc1nccs1)CC21CCN(CC2CCCO2)CC1. The molecule has 1 aromatic heterocycles. The van der Waals surface area contributed by atoms with E-state index >= 15 is 0 Å². The molecule has 0 bridgehead atoms. The predicted molar refractivity (Wildman–Crippen MR) is 106 cm³/mol. The van der Waals surface area contributed by atoms with Crippen LogP contribution in [0.15, 0.2) is 35.8 Å². The zero-order chi connectivity index (χ0) is 17.4. The molecule has 1 unspecified atom stereocenters. The number of likely N-dealkylation sites (tertiary alicyclic amines) is 1. The molecule has 4 nitrogen and oxygen atoms in total. The van der Waals surface area contributed by atoms with Crippen LogP contribution in [0.2, 0.25) is 0 Å². The number of hydrogen-bond acceptors (Lipinski definition) is 5. The van der Waals surface area contributed by atoms with E-state index in [1.54, 1.807) is 16.9 Å². The number of para-hydroxylation sites is 1. The van der Waals surface area contributed by atoms with Gasteiger partial charge in [-0.2, -0.15) is 0 Å². The first-order valence-electron chi connectivity index (χ1n) is 9.89. The van der Waals surface area contributed by atoms with Crippen LogP contribution in [-0.2, 0) is 16.7 Å². The molecule has 0 radical (unpaired) electrons. The van der Waals surface area contributed by atoms with Crippen LogP contribution in [0.4, 0.5) is 5.69 Å². The highest BCUT2D eigenvalue weighted by atomic mass is 32.1. The number of fused-ring (bicyclic) bond motifs is 2. The predicted octanol–water partition coefficient (Wildman–Crippen LogP) is 3.68. The van der Waals surface area contributed by atoms with Crippen molar-refractivity contribution in [3.8, 4) is 0 Å². The lowest BCUT2D eigenvalue weighted by molar-refractivity contribution is 0.0566. The van der Waals surface area contributed by atoms with Gasteiger partial charge < -0.3 is 14.5 Å². The average molecular weight is 370 g/mol.